The van der Waals surface area contributed by atoms with E-state index in [2.05, 4.69) is 51.7 Å². The molecule has 4 heteroatoms. The van der Waals surface area contributed by atoms with Crippen LogP contribution in [0.25, 0.3) is 0 Å². The maximum atomic E-state index is 4.29. The fourth-order valence-electron chi connectivity index (χ4n) is 2.56. The summed E-state index contributed by atoms with van der Waals surface area (Å²) in [6.45, 7) is 6.26. The highest BCUT2D eigenvalue weighted by Crippen LogP contribution is 2.35. The van der Waals surface area contributed by atoms with Crippen molar-refractivity contribution in [2.24, 2.45) is 0 Å². The molecule has 0 bridgehead atoms. The summed E-state index contributed by atoms with van der Waals surface area (Å²) >= 11 is 0. The number of rotatable bonds is 6. The van der Waals surface area contributed by atoms with E-state index < -0.39 is 0 Å². The number of nitrogens with one attached hydrogen (secondary N) is 1. The highest BCUT2D eigenvalue weighted by Gasteiger charge is 2.25. The van der Waals surface area contributed by atoms with E-state index in [4.69, 9.17) is 0 Å². The van der Waals surface area contributed by atoms with Gasteiger partial charge in [-0.25, -0.2) is 4.98 Å². The normalized spacial score (nSPS) is 16.7. The van der Waals surface area contributed by atoms with E-state index in [-0.39, 0.29) is 0 Å². The van der Waals surface area contributed by atoms with Crippen molar-refractivity contribution >= 4 is 0 Å². The molecule has 1 aliphatic rings. The molecule has 1 atom stereocenters. The Kier molecular flexibility index (Phi) is 3.42. The van der Waals surface area contributed by atoms with Gasteiger partial charge in [0, 0.05) is 30.7 Å². The Balaban J connectivity index is 1.71. The lowest BCUT2D eigenvalue weighted by molar-refractivity contribution is 0.595. The number of hydrogen-bond donors (Lipinski definition) is 1. The molecular weight excluding hydrogens is 236 g/mol. The number of hydrogen-bond acceptors (Lipinski definition) is 2. The maximum absolute atomic E-state index is 4.29. The topological polar surface area (TPSA) is 34.8 Å². The summed E-state index contributed by atoms with van der Waals surface area (Å²) in [6.07, 6.45) is 11.0. The summed E-state index contributed by atoms with van der Waals surface area (Å²) in [5.41, 5.74) is 2.65. The predicted octanol–water partition coefficient (Wildman–Crippen LogP) is 2.74. The van der Waals surface area contributed by atoms with Crippen LogP contribution in [0, 0.1) is 0 Å². The van der Waals surface area contributed by atoms with Crippen LogP contribution in [0.15, 0.2) is 31.0 Å². The van der Waals surface area contributed by atoms with Crippen molar-refractivity contribution in [2.75, 3.05) is 6.54 Å². The monoisotopic (exact) mass is 258 g/mol. The molecule has 0 amide bonds. The molecule has 0 spiro atoms. The van der Waals surface area contributed by atoms with Gasteiger partial charge in [-0.15, -0.1) is 0 Å². The third-order valence-corrected chi connectivity index (χ3v) is 3.81. The van der Waals surface area contributed by atoms with Gasteiger partial charge in [0.1, 0.15) is 0 Å². The average Bonchev–Trinajstić information content (AvgIpc) is 2.96. The Morgan fingerprint density at radius 2 is 2.32 bits per heavy atom. The lowest BCUT2D eigenvalue weighted by Crippen LogP contribution is -2.17. The molecule has 4 nitrogen and oxygen atoms in total. The molecule has 0 radical (unpaired) electrons. The summed E-state index contributed by atoms with van der Waals surface area (Å²) in [5, 5.41) is 3.44. The van der Waals surface area contributed by atoms with Gasteiger partial charge in [-0.05, 0) is 37.9 Å². The second-order valence-corrected chi connectivity index (χ2v) is 5.42. The molecule has 19 heavy (non-hydrogen) atoms. The molecule has 1 fully saturated rings. The molecule has 2 heterocycles. The first-order chi connectivity index (χ1) is 9.28. The van der Waals surface area contributed by atoms with Gasteiger partial charge in [-0.3, -0.25) is 0 Å². The van der Waals surface area contributed by atoms with Crippen molar-refractivity contribution in [3.05, 3.63) is 42.2 Å². The van der Waals surface area contributed by atoms with Crippen LogP contribution in [0.4, 0.5) is 0 Å². The van der Waals surface area contributed by atoms with Crippen LogP contribution < -0.4 is 5.32 Å². The Hall–Kier alpha value is -1.55. The van der Waals surface area contributed by atoms with E-state index in [0.29, 0.717) is 12.1 Å². The second-order valence-electron chi connectivity index (χ2n) is 5.42. The van der Waals surface area contributed by atoms with Gasteiger partial charge in [0.2, 0.25) is 0 Å². The van der Waals surface area contributed by atoms with Crippen molar-refractivity contribution < 1.29 is 0 Å². The van der Waals surface area contributed by atoms with Crippen molar-refractivity contribution in [3.8, 4) is 0 Å². The first-order valence-electron chi connectivity index (χ1n) is 7.17. The van der Waals surface area contributed by atoms with Gasteiger partial charge >= 0.3 is 0 Å². The average molecular weight is 258 g/mol. The summed E-state index contributed by atoms with van der Waals surface area (Å²) < 4.78 is 4.58. The minimum absolute atomic E-state index is 0.416. The van der Waals surface area contributed by atoms with Crippen LogP contribution in [0.1, 0.15) is 50.0 Å². The number of aromatic nitrogens is 3. The van der Waals surface area contributed by atoms with E-state index in [9.17, 15) is 0 Å². The lowest BCUT2D eigenvalue weighted by Gasteiger charge is -2.10. The quantitative estimate of drug-likeness (QED) is 0.864. The Bertz CT molecular complexity index is 536. The molecule has 2 aromatic heterocycles. The minimum Gasteiger partial charge on any atom is -0.348 e. The zero-order chi connectivity index (χ0) is 13.2. The SMILES string of the molecule is CCNC(C)c1ccn(Cc2cncn2C2CC2)c1. The Labute approximate surface area is 114 Å². The fourth-order valence-corrected chi connectivity index (χ4v) is 2.56. The van der Waals surface area contributed by atoms with Gasteiger partial charge in [0.15, 0.2) is 0 Å². The van der Waals surface area contributed by atoms with Crippen LogP contribution in [0.2, 0.25) is 0 Å². The second kappa shape index (κ2) is 5.21. The summed E-state index contributed by atoms with van der Waals surface area (Å²) in [4.78, 5) is 4.29. The zero-order valence-electron chi connectivity index (χ0n) is 11.7. The molecule has 102 valence electrons. The number of nitrogens with zero attached hydrogens (tertiary/aromatic N) is 3. The molecule has 3 rings (SSSR count). The molecule has 2 aromatic rings. The fraction of sp³-hybridized carbons (Fsp3) is 0.533. The zero-order valence-corrected chi connectivity index (χ0v) is 11.7. The molecule has 0 aliphatic heterocycles. The van der Waals surface area contributed by atoms with E-state index in [1.165, 1.54) is 24.1 Å². The van der Waals surface area contributed by atoms with Crippen LogP contribution >= 0.6 is 0 Å². The van der Waals surface area contributed by atoms with Gasteiger partial charge in [0.05, 0.1) is 18.6 Å². The van der Waals surface area contributed by atoms with Crippen LogP contribution in [0.5, 0.6) is 0 Å². The predicted molar refractivity (Wildman–Crippen MR) is 76.1 cm³/mol. The number of imidazole rings is 1. The Morgan fingerprint density at radius 1 is 1.47 bits per heavy atom. The van der Waals surface area contributed by atoms with Crippen molar-refractivity contribution in [3.63, 3.8) is 0 Å². The van der Waals surface area contributed by atoms with E-state index in [1.807, 2.05) is 12.5 Å². The summed E-state index contributed by atoms with van der Waals surface area (Å²) in [7, 11) is 0. The van der Waals surface area contributed by atoms with Crippen LogP contribution in [0.3, 0.4) is 0 Å². The third kappa shape index (κ3) is 2.73. The standard InChI is InChI=1S/C15H22N4/c1-3-17-12(2)13-6-7-18(9-13)10-15-8-16-11-19(15)14-4-5-14/h6-9,11-12,14,17H,3-5,10H2,1-2H3. The third-order valence-electron chi connectivity index (χ3n) is 3.81. The molecule has 0 aromatic carbocycles. The molecular formula is C15H22N4. The van der Waals surface area contributed by atoms with E-state index in [1.54, 1.807) is 0 Å². The van der Waals surface area contributed by atoms with Crippen molar-refractivity contribution in [1.29, 1.82) is 0 Å². The minimum atomic E-state index is 0.416. The summed E-state index contributed by atoms with van der Waals surface area (Å²) in [6, 6.07) is 3.32. The smallest absolute Gasteiger partial charge is 0.0951 e. The first kappa shape index (κ1) is 12.5. The largest absolute Gasteiger partial charge is 0.348 e. The Morgan fingerprint density at radius 3 is 3.05 bits per heavy atom. The van der Waals surface area contributed by atoms with Gasteiger partial charge in [-0.1, -0.05) is 6.92 Å². The van der Waals surface area contributed by atoms with Crippen molar-refractivity contribution in [1.82, 2.24) is 19.4 Å². The van der Waals surface area contributed by atoms with Gasteiger partial charge in [-0.2, -0.15) is 0 Å². The van der Waals surface area contributed by atoms with Gasteiger partial charge < -0.3 is 14.5 Å². The first-order valence-corrected chi connectivity index (χ1v) is 7.17. The highest BCUT2D eigenvalue weighted by atomic mass is 15.1. The maximum Gasteiger partial charge on any atom is 0.0951 e. The van der Waals surface area contributed by atoms with Crippen molar-refractivity contribution in [2.45, 2.75) is 45.3 Å². The molecule has 1 N–H and O–H groups in total. The molecule has 1 saturated carbocycles. The van der Waals surface area contributed by atoms with E-state index in [0.717, 1.165) is 13.1 Å². The van der Waals surface area contributed by atoms with Gasteiger partial charge in [0.25, 0.3) is 0 Å². The van der Waals surface area contributed by atoms with E-state index >= 15 is 0 Å². The molecule has 0 saturated heterocycles. The van der Waals surface area contributed by atoms with Crippen LogP contribution in [-0.4, -0.2) is 20.7 Å². The van der Waals surface area contributed by atoms with Crippen LogP contribution in [-0.2, 0) is 6.54 Å². The lowest BCUT2D eigenvalue weighted by atomic mass is 10.2. The summed E-state index contributed by atoms with van der Waals surface area (Å²) in [5.74, 6) is 0. The molecule has 1 unspecified atom stereocenters. The highest BCUT2D eigenvalue weighted by molar-refractivity contribution is 5.16. The molecule has 1 aliphatic carbocycles.